The Morgan fingerprint density at radius 1 is 1.48 bits per heavy atom. The van der Waals surface area contributed by atoms with Gasteiger partial charge in [0.05, 0.1) is 10.3 Å². The molecule has 1 unspecified atom stereocenters. The first kappa shape index (κ1) is 15.9. The van der Waals surface area contributed by atoms with Crippen LogP contribution >= 0.6 is 0 Å². The van der Waals surface area contributed by atoms with Gasteiger partial charge in [-0.15, -0.1) is 0 Å². The number of rotatable bonds is 4. The summed E-state index contributed by atoms with van der Waals surface area (Å²) in [6.45, 7) is 5.11. The number of primary sulfonamides is 1. The number of nitrogens with one attached hydrogen (secondary N) is 2. The molecule has 0 spiro atoms. The molecule has 1 aliphatic rings. The van der Waals surface area contributed by atoms with Gasteiger partial charge in [-0.3, -0.25) is 4.79 Å². The molecule has 2 rings (SSSR count). The Kier molecular flexibility index (Phi) is 4.36. The summed E-state index contributed by atoms with van der Waals surface area (Å²) in [7, 11) is -3.80. The molecule has 116 valence electrons. The first-order valence-electron chi connectivity index (χ1n) is 6.94. The van der Waals surface area contributed by atoms with E-state index in [0.717, 1.165) is 19.4 Å². The molecule has 4 N–H and O–H groups in total. The summed E-state index contributed by atoms with van der Waals surface area (Å²) >= 11 is 0. The smallest absolute Gasteiger partial charge is 0.238 e. The number of anilines is 1. The number of carbonyl (C=O) groups excluding carboxylic acids is 1. The van der Waals surface area contributed by atoms with Gasteiger partial charge in [-0.2, -0.15) is 0 Å². The number of carbonyl (C=O) groups is 1. The third kappa shape index (κ3) is 3.25. The van der Waals surface area contributed by atoms with Crippen LogP contribution in [-0.4, -0.2) is 27.4 Å². The minimum Gasteiger partial charge on any atom is -0.326 e. The van der Waals surface area contributed by atoms with E-state index in [0.29, 0.717) is 17.8 Å². The fourth-order valence-electron chi connectivity index (χ4n) is 2.65. The minimum atomic E-state index is -3.80. The average Bonchev–Trinajstić information content (AvgIpc) is 2.89. The molecule has 1 aromatic carbocycles. The molecule has 0 radical (unpaired) electrons. The standard InChI is InChI=1S/C14H21N3O3S/c1-3-14(6-7-16-9-14)13(18)17-11-5-4-10(2)12(8-11)21(15,19)20/h4-5,8,16H,3,6-7,9H2,1-2H3,(H,17,18)(H2,15,19,20). The Labute approximate surface area is 125 Å². The van der Waals surface area contributed by atoms with Crippen LogP contribution in [0.4, 0.5) is 5.69 Å². The van der Waals surface area contributed by atoms with Gasteiger partial charge in [-0.05, 0) is 44.0 Å². The molecule has 0 aromatic heterocycles. The van der Waals surface area contributed by atoms with E-state index in [4.69, 9.17) is 5.14 Å². The van der Waals surface area contributed by atoms with Crippen LogP contribution in [0.1, 0.15) is 25.3 Å². The van der Waals surface area contributed by atoms with Crippen molar-refractivity contribution in [3.05, 3.63) is 23.8 Å². The van der Waals surface area contributed by atoms with E-state index in [1.807, 2.05) is 6.92 Å². The normalized spacial score (nSPS) is 22.2. The highest BCUT2D eigenvalue weighted by Gasteiger charge is 2.39. The van der Waals surface area contributed by atoms with E-state index in [-0.39, 0.29) is 10.8 Å². The molecule has 1 saturated heterocycles. The monoisotopic (exact) mass is 311 g/mol. The van der Waals surface area contributed by atoms with Crippen LogP contribution in [0.3, 0.4) is 0 Å². The van der Waals surface area contributed by atoms with Gasteiger partial charge in [0.2, 0.25) is 15.9 Å². The lowest BCUT2D eigenvalue weighted by Gasteiger charge is -2.25. The van der Waals surface area contributed by atoms with Gasteiger partial charge in [-0.25, -0.2) is 13.6 Å². The number of sulfonamides is 1. The largest absolute Gasteiger partial charge is 0.326 e. The Balaban J connectivity index is 2.26. The highest BCUT2D eigenvalue weighted by atomic mass is 32.2. The van der Waals surface area contributed by atoms with Crippen molar-refractivity contribution in [2.24, 2.45) is 10.6 Å². The molecule has 6 nitrogen and oxygen atoms in total. The summed E-state index contributed by atoms with van der Waals surface area (Å²) in [6.07, 6.45) is 1.52. The van der Waals surface area contributed by atoms with Crippen LogP contribution in [0.15, 0.2) is 23.1 Å². The van der Waals surface area contributed by atoms with Crippen molar-refractivity contribution >= 4 is 21.6 Å². The number of nitrogens with two attached hydrogens (primary N) is 1. The van der Waals surface area contributed by atoms with Gasteiger partial charge in [0.15, 0.2) is 0 Å². The Morgan fingerprint density at radius 2 is 2.19 bits per heavy atom. The van der Waals surface area contributed by atoms with Crippen LogP contribution in [0, 0.1) is 12.3 Å². The summed E-state index contributed by atoms with van der Waals surface area (Å²) < 4.78 is 23.0. The number of hydrogen-bond donors (Lipinski definition) is 3. The third-order valence-corrected chi connectivity index (χ3v) is 5.21. The second-order valence-electron chi connectivity index (χ2n) is 5.54. The SMILES string of the molecule is CCC1(C(=O)Nc2ccc(C)c(S(N)(=O)=O)c2)CCNC1. The Bertz CT molecular complexity index is 649. The molecule has 21 heavy (non-hydrogen) atoms. The molecule has 7 heteroatoms. The van der Waals surface area contributed by atoms with E-state index < -0.39 is 15.4 Å². The highest BCUT2D eigenvalue weighted by Crippen LogP contribution is 2.31. The van der Waals surface area contributed by atoms with Crippen molar-refractivity contribution in [2.45, 2.75) is 31.6 Å². The van der Waals surface area contributed by atoms with Crippen molar-refractivity contribution in [3.8, 4) is 0 Å². The predicted molar refractivity (Wildman–Crippen MR) is 81.4 cm³/mol. The van der Waals surface area contributed by atoms with E-state index in [2.05, 4.69) is 10.6 Å². The highest BCUT2D eigenvalue weighted by molar-refractivity contribution is 7.89. The summed E-state index contributed by atoms with van der Waals surface area (Å²) in [5, 5.41) is 11.2. The first-order valence-corrected chi connectivity index (χ1v) is 8.49. The van der Waals surface area contributed by atoms with Crippen LogP contribution in [0.5, 0.6) is 0 Å². The summed E-state index contributed by atoms with van der Waals surface area (Å²) in [5.41, 5.74) is 0.588. The molecule has 0 saturated carbocycles. The lowest BCUT2D eigenvalue weighted by molar-refractivity contribution is -0.124. The van der Waals surface area contributed by atoms with E-state index >= 15 is 0 Å². The summed E-state index contributed by atoms with van der Waals surface area (Å²) in [5.74, 6) is -0.0841. The van der Waals surface area contributed by atoms with Crippen molar-refractivity contribution < 1.29 is 13.2 Å². The van der Waals surface area contributed by atoms with E-state index in [1.165, 1.54) is 6.07 Å². The number of amides is 1. The number of aryl methyl sites for hydroxylation is 1. The molecule has 1 aliphatic heterocycles. The quantitative estimate of drug-likeness (QED) is 0.771. The molecule has 1 heterocycles. The average molecular weight is 311 g/mol. The zero-order valence-corrected chi connectivity index (χ0v) is 13.1. The molecule has 1 amide bonds. The molecular weight excluding hydrogens is 290 g/mol. The van der Waals surface area contributed by atoms with Gasteiger partial charge in [0.1, 0.15) is 0 Å². The lowest BCUT2D eigenvalue weighted by Crippen LogP contribution is -2.37. The van der Waals surface area contributed by atoms with Crippen molar-refractivity contribution in [1.82, 2.24) is 5.32 Å². The van der Waals surface area contributed by atoms with E-state index in [9.17, 15) is 13.2 Å². The zero-order valence-electron chi connectivity index (χ0n) is 12.3. The Morgan fingerprint density at radius 3 is 2.71 bits per heavy atom. The molecule has 1 atom stereocenters. The van der Waals surface area contributed by atoms with Gasteiger partial charge >= 0.3 is 0 Å². The minimum absolute atomic E-state index is 0.0374. The van der Waals surface area contributed by atoms with Crippen LogP contribution < -0.4 is 15.8 Å². The van der Waals surface area contributed by atoms with E-state index in [1.54, 1.807) is 19.1 Å². The summed E-state index contributed by atoms with van der Waals surface area (Å²) in [4.78, 5) is 12.5. The van der Waals surface area contributed by atoms with Gasteiger partial charge in [0, 0.05) is 12.2 Å². The second kappa shape index (κ2) is 5.75. The van der Waals surface area contributed by atoms with Gasteiger partial charge in [-0.1, -0.05) is 13.0 Å². The molecule has 1 aromatic rings. The van der Waals surface area contributed by atoms with Crippen molar-refractivity contribution in [3.63, 3.8) is 0 Å². The van der Waals surface area contributed by atoms with Gasteiger partial charge < -0.3 is 10.6 Å². The molecule has 0 aliphatic carbocycles. The number of hydrogen-bond acceptors (Lipinski definition) is 4. The van der Waals surface area contributed by atoms with Crippen molar-refractivity contribution in [1.29, 1.82) is 0 Å². The molecule has 0 bridgehead atoms. The fraction of sp³-hybridized carbons (Fsp3) is 0.500. The zero-order chi connectivity index (χ0) is 15.7. The van der Waals surface area contributed by atoms with Crippen molar-refractivity contribution in [2.75, 3.05) is 18.4 Å². The third-order valence-electron chi connectivity index (χ3n) is 4.15. The molecular formula is C14H21N3O3S. The first-order chi connectivity index (χ1) is 9.78. The van der Waals surface area contributed by atoms with Gasteiger partial charge in [0.25, 0.3) is 0 Å². The number of benzene rings is 1. The van der Waals surface area contributed by atoms with Crippen LogP contribution in [0.25, 0.3) is 0 Å². The van der Waals surface area contributed by atoms with Crippen LogP contribution in [-0.2, 0) is 14.8 Å². The van der Waals surface area contributed by atoms with Crippen LogP contribution in [0.2, 0.25) is 0 Å². The predicted octanol–water partition coefficient (Wildman–Crippen LogP) is 0.971. The maximum atomic E-state index is 12.5. The molecule has 1 fully saturated rings. The lowest BCUT2D eigenvalue weighted by atomic mass is 9.83. The maximum absolute atomic E-state index is 12.5. The second-order valence-corrected chi connectivity index (χ2v) is 7.07. The fourth-order valence-corrected chi connectivity index (χ4v) is 3.46. The topological polar surface area (TPSA) is 101 Å². The summed E-state index contributed by atoms with van der Waals surface area (Å²) in [6, 6.07) is 4.74. The maximum Gasteiger partial charge on any atom is 0.238 e. The Hall–Kier alpha value is -1.44.